The lowest BCUT2D eigenvalue weighted by atomic mass is 10.1. The van der Waals surface area contributed by atoms with Crippen molar-refractivity contribution < 1.29 is 4.92 Å². The third-order valence-corrected chi connectivity index (χ3v) is 3.24. The number of rotatable bonds is 3. The maximum Gasteiger partial charge on any atom is 0.271 e. The van der Waals surface area contributed by atoms with Gasteiger partial charge in [0.2, 0.25) is 0 Å². The van der Waals surface area contributed by atoms with Gasteiger partial charge in [0.05, 0.1) is 16.8 Å². The van der Waals surface area contributed by atoms with Crippen LogP contribution in [0.2, 0.25) is 0 Å². The first-order valence-corrected chi connectivity index (χ1v) is 6.50. The van der Waals surface area contributed by atoms with Crippen molar-refractivity contribution in [1.29, 1.82) is 0 Å². The summed E-state index contributed by atoms with van der Waals surface area (Å²) in [6, 6.07) is 14.5. The number of nitro benzene ring substituents is 1. The van der Waals surface area contributed by atoms with Crippen molar-refractivity contribution >= 4 is 5.69 Å². The molecular weight excluding hydrogens is 266 g/mol. The van der Waals surface area contributed by atoms with Gasteiger partial charge in [0.15, 0.2) is 0 Å². The molecule has 3 rings (SSSR count). The van der Waals surface area contributed by atoms with E-state index in [9.17, 15) is 10.1 Å². The van der Waals surface area contributed by atoms with Gasteiger partial charge < -0.3 is 0 Å². The van der Waals surface area contributed by atoms with Crippen molar-refractivity contribution in [3.8, 4) is 16.8 Å². The summed E-state index contributed by atoms with van der Waals surface area (Å²) in [7, 11) is 0. The highest BCUT2D eigenvalue weighted by molar-refractivity contribution is 5.63. The first-order chi connectivity index (χ1) is 10.1. The Morgan fingerprint density at radius 2 is 1.90 bits per heavy atom. The summed E-state index contributed by atoms with van der Waals surface area (Å²) < 4.78 is 1.64. The summed E-state index contributed by atoms with van der Waals surface area (Å²) in [5, 5.41) is 15.1. The van der Waals surface area contributed by atoms with Crippen LogP contribution in [0.1, 0.15) is 5.56 Å². The Morgan fingerprint density at radius 1 is 1.10 bits per heavy atom. The Bertz CT molecular complexity index is 809. The smallest absolute Gasteiger partial charge is 0.258 e. The van der Waals surface area contributed by atoms with Crippen molar-refractivity contribution in [3.05, 3.63) is 76.6 Å². The molecule has 0 fully saturated rings. The fraction of sp³-hybridized carbons (Fsp3) is 0.0625. The molecule has 0 saturated carbocycles. The lowest BCUT2D eigenvalue weighted by Crippen LogP contribution is -1.95. The molecule has 0 saturated heterocycles. The molecule has 0 amide bonds. The highest BCUT2D eigenvalue weighted by Crippen LogP contribution is 2.22. The number of nitro groups is 1. The van der Waals surface area contributed by atoms with Crippen LogP contribution < -0.4 is 0 Å². The zero-order chi connectivity index (χ0) is 14.8. The highest BCUT2D eigenvalue weighted by atomic mass is 16.6. The molecule has 21 heavy (non-hydrogen) atoms. The van der Waals surface area contributed by atoms with E-state index in [-0.39, 0.29) is 5.69 Å². The third-order valence-electron chi connectivity index (χ3n) is 3.24. The van der Waals surface area contributed by atoms with Gasteiger partial charge in [-0.05, 0) is 18.6 Å². The van der Waals surface area contributed by atoms with E-state index < -0.39 is 4.92 Å². The van der Waals surface area contributed by atoms with Crippen LogP contribution >= 0.6 is 0 Å². The topological polar surface area (TPSA) is 61.0 Å². The number of hydrogen-bond donors (Lipinski definition) is 0. The average molecular weight is 279 g/mol. The molecule has 1 heterocycles. The molecule has 5 nitrogen and oxygen atoms in total. The molecule has 0 radical (unpaired) electrons. The minimum Gasteiger partial charge on any atom is -0.258 e. The van der Waals surface area contributed by atoms with Crippen LogP contribution in [0.4, 0.5) is 5.69 Å². The van der Waals surface area contributed by atoms with Gasteiger partial charge in [-0.1, -0.05) is 35.9 Å². The highest BCUT2D eigenvalue weighted by Gasteiger charge is 2.08. The van der Waals surface area contributed by atoms with Crippen molar-refractivity contribution in [2.75, 3.05) is 0 Å². The Morgan fingerprint density at radius 3 is 2.67 bits per heavy atom. The Labute approximate surface area is 121 Å². The van der Waals surface area contributed by atoms with Crippen LogP contribution in [0.5, 0.6) is 0 Å². The minimum atomic E-state index is -0.408. The predicted octanol–water partition coefficient (Wildman–Crippen LogP) is 3.76. The number of nitrogens with zero attached hydrogens (tertiary/aromatic N) is 3. The van der Waals surface area contributed by atoms with Crippen molar-refractivity contribution in [1.82, 2.24) is 9.78 Å². The number of aryl methyl sites for hydroxylation is 1. The molecule has 2 aromatic carbocycles. The second kappa shape index (κ2) is 5.20. The molecule has 0 spiro atoms. The standard InChI is InChI=1S/C16H13N3O2/c1-12-4-2-5-13(8-12)14-10-17-18(11-14)15-6-3-7-16(9-15)19(20)21/h2-11H,1H3. The number of hydrogen-bond acceptors (Lipinski definition) is 3. The quantitative estimate of drug-likeness (QED) is 0.541. The minimum absolute atomic E-state index is 0.0557. The molecule has 3 aromatic rings. The van der Waals surface area contributed by atoms with Crippen molar-refractivity contribution in [2.45, 2.75) is 6.92 Å². The molecule has 0 unspecified atom stereocenters. The molecule has 0 atom stereocenters. The average Bonchev–Trinajstić information content (AvgIpc) is 2.97. The van der Waals surface area contributed by atoms with E-state index >= 15 is 0 Å². The lowest BCUT2D eigenvalue weighted by Gasteiger charge is -2.01. The predicted molar refractivity (Wildman–Crippen MR) is 80.4 cm³/mol. The van der Waals surface area contributed by atoms with Gasteiger partial charge in [0, 0.05) is 23.9 Å². The SMILES string of the molecule is Cc1cccc(-c2cnn(-c3cccc([N+](=O)[O-])c3)c2)c1. The maximum absolute atomic E-state index is 10.8. The fourth-order valence-corrected chi connectivity index (χ4v) is 2.19. The van der Waals surface area contributed by atoms with Gasteiger partial charge in [0.1, 0.15) is 0 Å². The summed E-state index contributed by atoms with van der Waals surface area (Å²) in [4.78, 5) is 10.4. The van der Waals surface area contributed by atoms with Gasteiger partial charge in [-0.15, -0.1) is 0 Å². The Balaban J connectivity index is 1.98. The summed E-state index contributed by atoms with van der Waals surface area (Å²) in [6.07, 6.45) is 3.63. The number of non-ortho nitro benzene ring substituents is 1. The zero-order valence-corrected chi connectivity index (χ0v) is 11.4. The van der Waals surface area contributed by atoms with Gasteiger partial charge in [0.25, 0.3) is 5.69 Å². The van der Waals surface area contributed by atoms with Crippen molar-refractivity contribution in [3.63, 3.8) is 0 Å². The lowest BCUT2D eigenvalue weighted by molar-refractivity contribution is -0.384. The molecule has 5 heteroatoms. The van der Waals surface area contributed by atoms with E-state index in [1.54, 1.807) is 23.0 Å². The molecule has 0 aliphatic carbocycles. The fourth-order valence-electron chi connectivity index (χ4n) is 2.19. The maximum atomic E-state index is 10.8. The number of benzene rings is 2. The van der Waals surface area contributed by atoms with Crippen LogP contribution in [-0.4, -0.2) is 14.7 Å². The van der Waals surface area contributed by atoms with E-state index in [0.29, 0.717) is 5.69 Å². The largest absolute Gasteiger partial charge is 0.271 e. The monoisotopic (exact) mass is 279 g/mol. The molecule has 0 N–H and O–H groups in total. The molecular formula is C16H13N3O2. The number of aromatic nitrogens is 2. The van der Waals surface area contributed by atoms with E-state index in [2.05, 4.69) is 11.2 Å². The van der Waals surface area contributed by atoms with Crippen LogP contribution in [0.25, 0.3) is 16.8 Å². The van der Waals surface area contributed by atoms with Crippen LogP contribution in [-0.2, 0) is 0 Å². The van der Waals surface area contributed by atoms with E-state index in [0.717, 1.165) is 11.1 Å². The van der Waals surface area contributed by atoms with Crippen LogP contribution in [0, 0.1) is 17.0 Å². The summed E-state index contributed by atoms with van der Waals surface area (Å²) in [5.74, 6) is 0. The molecule has 0 aliphatic rings. The molecule has 104 valence electrons. The second-order valence-corrected chi connectivity index (χ2v) is 4.82. The van der Waals surface area contributed by atoms with Gasteiger partial charge in [-0.25, -0.2) is 4.68 Å². The van der Waals surface area contributed by atoms with Gasteiger partial charge >= 0.3 is 0 Å². The first kappa shape index (κ1) is 13.1. The Hall–Kier alpha value is -2.95. The molecule has 1 aromatic heterocycles. The first-order valence-electron chi connectivity index (χ1n) is 6.50. The summed E-state index contributed by atoms with van der Waals surface area (Å²) in [6.45, 7) is 2.04. The van der Waals surface area contributed by atoms with Crippen LogP contribution in [0.3, 0.4) is 0 Å². The van der Waals surface area contributed by atoms with E-state index in [1.807, 2.05) is 31.3 Å². The molecule has 0 bridgehead atoms. The molecule has 0 aliphatic heterocycles. The van der Waals surface area contributed by atoms with Crippen molar-refractivity contribution in [2.24, 2.45) is 0 Å². The van der Waals surface area contributed by atoms with Gasteiger partial charge in [-0.2, -0.15) is 5.10 Å². The van der Waals surface area contributed by atoms with E-state index in [4.69, 9.17) is 0 Å². The van der Waals surface area contributed by atoms with Crippen LogP contribution in [0.15, 0.2) is 60.9 Å². The van der Waals surface area contributed by atoms with E-state index in [1.165, 1.54) is 17.7 Å². The van der Waals surface area contributed by atoms with Gasteiger partial charge in [-0.3, -0.25) is 10.1 Å². The Kier molecular flexibility index (Phi) is 3.23. The zero-order valence-electron chi connectivity index (χ0n) is 11.4. The third kappa shape index (κ3) is 2.67. The normalized spacial score (nSPS) is 10.5. The summed E-state index contributed by atoms with van der Waals surface area (Å²) >= 11 is 0. The second-order valence-electron chi connectivity index (χ2n) is 4.82. The summed E-state index contributed by atoms with van der Waals surface area (Å²) in [5.41, 5.74) is 3.95.